The van der Waals surface area contributed by atoms with E-state index in [1.54, 1.807) is 0 Å². The molecule has 1 N–H and O–H groups in total. The van der Waals surface area contributed by atoms with Crippen LogP contribution in [0.4, 0.5) is 0 Å². The highest BCUT2D eigenvalue weighted by Crippen LogP contribution is 2.27. The van der Waals surface area contributed by atoms with Crippen molar-refractivity contribution in [2.45, 2.75) is 70.2 Å². The molecule has 2 fully saturated rings. The van der Waals surface area contributed by atoms with Crippen molar-refractivity contribution in [1.82, 2.24) is 5.32 Å². The van der Waals surface area contributed by atoms with E-state index >= 15 is 0 Å². The minimum Gasteiger partial charge on any atom is -0.375 e. The van der Waals surface area contributed by atoms with Crippen LogP contribution in [-0.2, 0) is 4.74 Å². The maximum Gasteiger partial charge on any atom is 0.0672 e. The Morgan fingerprint density at radius 2 is 1.88 bits per heavy atom. The molecule has 0 bridgehead atoms. The van der Waals surface area contributed by atoms with Crippen LogP contribution in [0.3, 0.4) is 0 Å². The molecule has 2 rings (SSSR count). The molecule has 90 valence electrons. The van der Waals surface area contributed by atoms with Crippen molar-refractivity contribution in [2.75, 3.05) is 0 Å². The van der Waals surface area contributed by atoms with E-state index < -0.39 is 0 Å². The van der Waals surface area contributed by atoms with Gasteiger partial charge in [-0.15, -0.1) is 0 Å². The van der Waals surface area contributed by atoms with Gasteiger partial charge in [0.05, 0.1) is 24.2 Å². The normalized spacial score (nSPS) is 44.2. The summed E-state index contributed by atoms with van der Waals surface area (Å²) >= 11 is 0. The summed E-state index contributed by atoms with van der Waals surface area (Å²) in [5, 5.41) is 12.7. The summed E-state index contributed by atoms with van der Waals surface area (Å²) in [4.78, 5) is 0. The van der Waals surface area contributed by atoms with Gasteiger partial charge in [0.25, 0.3) is 0 Å². The van der Waals surface area contributed by atoms with Crippen molar-refractivity contribution in [3.05, 3.63) is 0 Å². The molecule has 1 saturated carbocycles. The number of nitrogens with zero attached hydrogens (tertiary/aromatic N) is 1. The smallest absolute Gasteiger partial charge is 0.0672 e. The minimum absolute atomic E-state index is 0.230. The Bertz CT molecular complexity index is 264. The molecule has 16 heavy (non-hydrogen) atoms. The van der Waals surface area contributed by atoms with Gasteiger partial charge in [0.1, 0.15) is 0 Å². The zero-order chi connectivity index (χ0) is 11.5. The van der Waals surface area contributed by atoms with E-state index in [2.05, 4.69) is 25.2 Å². The van der Waals surface area contributed by atoms with Gasteiger partial charge in [-0.1, -0.05) is 6.42 Å². The molecule has 1 aliphatic carbocycles. The zero-order valence-corrected chi connectivity index (χ0v) is 10.3. The van der Waals surface area contributed by atoms with Crippen LogP contribution in [0, 0.1) is 17.2 Å². The Hall–Kier alpha value is -0.590. The predicted octanol–water partition coefficient (Wildman–Crippen LogP) is 2.22. The standard InChI is InChI=1S/C13H22N2O/c1-9-6-12(7-10(2)16-9)15-13-5-3-4-11(13)8-14/h9-13,15H,3-7H2,1-2H3. The van der Waals surface area contributed by atoms with Gasteiger partial charge in [0.2, 0.25) is 0 Å². The second kappa shape index (κ2) is 5.16. The molecule has 3 heteroatoms. The van der Waals surface area contributed by atoms with Crippen molar-refractivity contribution < 1.29 is 4.74 Å². The van der Waals surface area contributed by atoms with E-state index in [-0.39, 0.29) is 5.92 Å². The van der Waals surface area contributed by atoms with E-state index in [1.165, 1.54) is 12.8 Å². The first kappa shape index (κ1) is 11.9. The van der Waals surface area contributed by atoms with Crippen LogP contribution in [0.5, 0.6) is 0 Å². The molecule has 0 spiro atoms. The van der Waals surface area contributed by atoms with Gasteiger partial charge in [-0.25, -0.2) is 0 Å². The second-order valence-electron chi connectivity index (χ2n) is 5.37. The lowest BCUT2D eigenvalue weighted by molar-refractivity contribution is -0.0438. The molecule has 3 nitrogen and oxygen atoms in total. The molecular formula is C13H22N2O. The van der Waals surface area contributed by atoms with Crippen LogP contribution in [0.1, 0.15) is 46.0 Å². The van der Waals surface area contributed by atoms with Crippen LogP contribution in [0.2, 0.25) is 0 Å². The van der Waals surface area contributed by atoms with Crippen LogP contribution >= 0.6 is 0 Å². The fourth-order valence-corrected chi connectivity index (χ4v) is 3.16. The van der Waals surface area contributed by atoms with Gasteiger partial charge in [-0.3, -0.25) is 0 Å². The first-order chi connectivity index (χ1) is 7.69. The van der Waals surface area contributed by atoms with Gasteiger partial charge in [-0.2, -0.15) is 5.26 Å². The maximum absolute atomic E-state index is 9.06. The van der Waals surface area contributed by atoms with Crippen LogP contribution in [-0.4, -0.2) is 24.3 Å². The third kappa shape index (κ3) is 2.75. The van der Waals surface area contributed by atoms with E-state index in [1.807, 2.05) is 0 Å². The van der Waals surface area contributed by atoms with E-state index in [4.69, 9.17) is 10.00 Å². The summed E-state index contributed by atoms with van der Waals surface area (Å²) in [6.07, 6.45) is 6.30. The lowest BCUT2D eigenvalue weighted by atomic mass is 9.97. The summed E-state index contributed by atoms with van der Waals surface area (Å²) in [6, 6.07) is 3.40. The number of nitriles is 1. The van der Waals surface area contributed by atoms with Gasteiger partial charge in [0.15, 0.2) is 0 Å². The van der Waals surface area contributed by atoms with Crippen molar-refractivity contribution in [3.63, 3.8) is 0 Å². The average Bonchev–Trinajstić information content (AvgIpc) is 2.63. The summed E-state index contributed by atoms with van der Waals surface area (Å²) in [5.74, 6) is 0.230. The number of nitrogens with one attached hydrogen (secondary N) is 1. The molecule has 2 aliphatic rings. The number of hydrogen-bond donors (Lipinski definition) is 1. The molecule has 4 atom stereocenters. The van der Waals surface area contributed by atoms with Crippen molar-refractivity contribution in [2.24, 2.45) is 5.92 Å². The quantitative estimate of drug-likeness (QED) is 0.779. The monoisotopic (exact) mass is 222 g/mol. The van der Waals surface area contributed by atoms with Gasteiger partial charge in [-0.05, 0) is 39.5 Å². The SMILES string of the molecule is CC1CC(NC2CCCC2C#N)CC(C)O1. The summed E-state index contributed by atoms with van der Waals surface area (Å²) in [6.45, 7) is 4.28. The second-order valence-corrected chi connectivity index (χ2v) is 5.37. The molecule has 0 radical (unpaired) electrons. The molecular weight excluding hydrogens is 200 g/mol. The third-order valence-corrected chi connectivity index (χ3v) is 3.83. The largest absolute Gasteiger partial charge is 0.375 e. The Kier molecular flexibility index (Phi) is 3.83. The molecule has 0 aromatic carbocycles. The van der Waals surface area contributed by atoms with Crippen molar-refractivity contribution >= 4 is 0 Å². The molecule has 1 saturated heterocycles. The number of rotatable bonds is 2. The maximum atomic E-state index is 9.06. The lowest BCUT2D eigenvalue weighted by Gasteiger charge is -2.34. The summed E-state index contributed by atoms with van der Waals surface area (Å²) < 4.78 is 5.73. The first-order valence-electron chi connectivity index (χ1n) is 6.50. The van der Waals surface area contributed by atoms with E-state index in [0.29, 0.717) is 24.3 Å². The third-order valence-electron chi connectivity index (χ3n) is 3.83. The fourth-order valence-electron chi connectivity index (χ4n) is 3.16. The molecule has 1 aliphatic heterocycles. The molecule has 0 aromatic heterocycles. The van der Waals surface area contributed by atoms with E-state index in [9.17, 15) is 0 Å². The number of ether oxygens (including phenoxy) is 1. The van der Waals surface area contributed by atoms with Crippen LogP contribution in [0.15, 0.2) is 0 Å². The number of hydrogen-bond acceptors (Lipinski definition) is 3. The minimum atomic E-state index is 0.230. The highest BCUT2D eigenvalue weighted by Gasteiger charge is 2.31. The highest BCUT2D eigenvalue weighted by molar-refractivity contribution is 4.98. The van der Waals surface area contributed by atoms with Gasteiger partial charge in [0, 0.05) is 12.1 Å². The average molecular weight is 222 g/mol. The molecule has 0 amide bonds. The Labute approximate surface area is 98.2 Å². The Morgan fingerprint density at radius 3 is 2.50 bits per heavy atom. The van der Waals surface area contributed by atoms with Gasteiger partial charge < -0.3 is 10.1 Å². The highest BCUT2D eigenvalue weighted by atomic mass is 16.5. The van der Waals surface area contributed by atoms with Crippen LogP contribution < -0.4 is 5.32 Å². The lowest BCUT2D eigenvalue weighted by Crippen LogP contribution is -2.46. The fraction of sp³-hybridized carbons (Fsp3) is 0.923. The van der Waals surface area contributed by atoms with Crippen molar-refractivity contribution in [3.8, 4) is 6.07 Å². The predicted molar refractivity (Wildman–Crippen MR) is 62.9 cm³/mol. The Balaban J connectivity index is 1.87. The Morgan fingerprint density at radius 1 is 1.19 bits per heavy atom. The summed E-state index contributed by atoms with van der Waals surface area (Å²) in [7, 11) is 0. The van der Waals surface area contributed by atoms with Gasteiger partial charge >= 0.3 is 0 Å². The topological polar surface area (TPSA) is 45.0 Å². The molecule has 0 aromatic rings. The first-order valence-corrected chi connectivity index (χ1v) is 6.50. The van der Waals surface area contributed by atoms with Crippen LogP contribution in [0.25, 0.3) is 0 Å². The zero-order valence-electron chi connectivity index (χ0n) is 10.3. The van der Waals surface area contributed by atoms with Crippen molar-refractivity contribution in [1.29, 1.82) is 5.26 Å². The van der Waals surface area contributed by atoms with E-state index in [0.717, 1.165) is 19.3 Å². The summed E-state index contributed by atoms with van der Waals surface area (Å²) in [5.41, 5.74) is 0. The molecule has 1 heterocycles. The molecule has 4 unspecified atom stereocenters.